The first-order valence-corrected chi connectivity index (χ1v) is 12.5. The lowest BCUT2D eigenvalue weighted by atomic mass is 9.92. The summed E-state index contributed by atoms with van der Waals surface area (Å²) in [6.45, 7) is -1.02. The number of amides is 1. The molecule has 5 rings (SSSR count). The first-order chi connectivity index (χ1) is 17.2. The molecule has 1 aromatic heterocycles. The van der Waals surface area contributed by atoms with Gasteiger partial charge in [0.25, 0.3) is 17.7 Å². The second-order valence-electron chi connectivity index (χ2n) is 9.06. The van der Waals surface area contributed by atoms with Crippen molar-refractivity contribution in [3.63, 3.8) is 0 Å². The van der Waals surface area contributed by atoms with E-state index in [2.05, 4.69) is 15.5 Å². The number of carbonyl (C=O) groups is 1. The predicted octanol–water partition coefficient (Wildman–Crippen LogP) is 6.99. The van der Waals surface area contributed by atoms with E-state index in [-0.39, 0.29) is 33.2 Å². The summed E-state index contributed by atoms with van der Waals surface area (Å²) in [4.78, 5) is 13.3. The molecule has 0 atom stereocenters. The molecule has 0 radical (unpaired) electrons. The molecular weight excluding hydrogens is 514 g/mol. The van der Waals surface area contributed by atoms with Crippen molar-refractivity contribution in [2.24, 2.45) is 0 Å². The number of aryl methyl sites for hydroxylation is 1. The molecule has 188 valence electrons. The maximum absolute atomic E-state index is 15.1. The van der Waals surface area contributed by atoms with Crippen LogP contribution in [-0.4, -0.2) is 22.6 Å². The average Bonchev–Trinajstić information content (AvgIpc) is 3.69. The summed E-state index contributed by atoms with van der Waals surface area (Å²) in [7, 11) is 0. The highest BCUT2D eigenvalue weighted by molar-refractivity contribution is 6.35. The Kier molecular flexibility index (Phi) is 6.83. The van der Waals surface area contributed by atoms with E-state index in [1.807, 2.05) is 0 Å². The van der Waals surface area contributed by atoms with Crippen LogP contribution in [0.2, 0.25) is 10.0 Å². The number of nitrogens with one attached hydrogen (secondary N) is 1. The maximum atomic E-state index is 15.1. The summed E-state index contributed by atoms with van der Waals surface area (Å²) in [5.41, 5.74) is 1.27. The van der Waals surface area contributed by atoms with Gasteiger partial charge in [-0.25, -0.2) is 4.39 Å². The van der Waals surface area contributed by atoms with E-state index in [1.165, 1.54) is 18.2 Å². The fraction of sp³-hybridized carbons (Fsp3) is 0.346. The van der Waals surface area contributed by atoms with Gasteiger partial charge in [-0.2, -0.15) is 13.9 Å². The molecule has 1 amide bonds. The van der Waals surface area contributed by atoms with Crippen molar-refractivity contribution in [1.29, 1.82) is 0 Å². The van der Waals surface area contributed by atoms with Gasteiger partial charge in [0.1, 0.15) is 5.56 Å². The van der Waals surface area contributed by atoms with Crippen LogP contribution >= 0.6 is 23.2 Å². The fourth-order valence-corrected chi connectivity index (χ4v) is 4.99. The van der Waals surface area contributed by atoms with E-state index in [0.717, 1.165) is 31.7 Å². The van der Waals surface area contributed by atoms with Crippen molar-refractivity contribution in [2.45, 2.75) is 50.4 Å². The van der Waals surface area contributed by atoms with Gasteiger partial charge >= 0.3 is 0 Å². The van der Waals surface area contributed by atoms with Crippen LogP contribution in [-0.2, 0) is 18.8 Å². The van der Waals surface area contributed by atoms with E-state index in [0.29, 0.717) is 29.7 Å². The average molecular weight is 536 g/mol. The zero-order chi connectivity index (χ0) is 25.4. The van der Waals surface area contributed by atoms with Crippen molar-refractivity contribution in [3.8, 4) is 11.6 Å². The number of hydrogen-bond donors (Lipinski definition) is 1. The summed E-state index contributed by atoms with van der Waals surface area (Å²) in [5, 5.41) is 10.5. The van der Waals surface area contributed by atoms with Gasteiger partial charge in [-0.3, -0.25) is 4.79 Å². The zero-order valence-corrected chi connectivity index (χ0v) is 20.6. The summed E-state index contributed by atoms with van der Waals surface area (Å²) in [6, 6.07) is 8.47. The summed E-state index contributed by atoms with van der Waals surface area (Å²) in [6.07, 6.45) is 4.57. The Hall–Kier alpha value is -2.84. The molecule has 0 aliphatic heterocycles. The second kappa shape index (κ2) is 9.90. The number of hydrogen-bond acceptors (Lipinski definition) is 4. The third kappa shape index (κ3) is 5.02. The molecule has 0 saturated heterocycles. The van der Waals surface area contributed by atoms with Crippen LogP contribution < -0.4 is 10.1 Å². The summed E-state index contributed by atoms with van der Waals surface area (Å²) < 4.78 is 50.7. The number of aromatic nitrogens is 2. The zero-order valence-electron chi connectivity index (χ0n) is 19.1. The minimum Gasteiger partial charge on any atom is -0.434 e. The molecule has 36 heavy (non-hydrogen) atoms. The highest BCUT2D eigenvalue weighted by Crippen LogP contribution is 2.43. The highest BCUT2D eigenvalue weighted by atomic mass is 35.5. The van der Waals surface area contributed by atoms with E-state index >= 15 is 4.39 Å². The van der Waals surface area contributed by atoms with E-state index in [9.17, 15) is 13.6 Å². The van der Waals surface area contributed by atoms with Crippen LogP contribution in [0.5, 0.6) is 11.6 Å². The summed E-state index contributed by atoms with van der Waals surface area (Å²) in [5.74, 6) is -4.95. The molecule has 1 N–H and O–H groups in total. The highest BCUT2D eigenvalue weighted by Gasteiger charge is 2.36. The third-order valence-corrected chi connectivity index (χ3v) is 7.00. The van der Waals surface area contributed by atoms with Gasteiger partial charge in [0, 0.05) is 10.6 Å². The normalized spacial score (nSPS) is 15.4. The van der Waals surface area contributed by atoms with Gasteiger partial charge < -0.3 is 10.1 Å². The molecule has 1 heterocycles. The molecular formula is C26H22Cl2F3N3O2. The lowest BCUT2D eigenvalue weighted by Crippen LogP contribution is -2.36. The van der Waals surface area contributed by atoms with Gasteiger partial charge in [0.05, 0.1) is 17.3 Å². The lowest BCUT2D eigenvalue weighted by Gasteiger charge is -2.22. The minimum atomic E-state index is -3.47. The second-order valence-corrected chi connectivity index (χ2v) is 9.90. The Bertz CT molecular complexity index is 1330. The van der Waals surface area contributed by atoms with E-state index in [1.54, 1.807) is 12.1 Å². The number of fused-ring (bicyclic) bond motifs is 1. The lowest BCUT2D eigenvalue weighted by molar-refractivity contribution is -0.00241. The Morgan fingerprint density at radius 3 is 2.64 bits per heavy atom. The molecule has 3 aromatic rings. The molecule has 2 aliphatic rings. The predicted molar refractivity (Wildman–Crippen MR) is 130 cm³/mol. The van der Waals surface area contributed by atoms with Crippen molar-refractivity contribution in [3.05, 3.63) is 80.2 Å². The van der Waals surface area contributed by atoms with Crippen molar-refractivity contribution >= 4 is 29.1 Å². The number of carbonyl (C=O) groups excluding carboxylic acids is 1. The van der Waals surface area contributed by atoms with E-state index in [4.69, 9.17) is 27.9 Å². The Balaban J connectivity index is 1.44. The topological polar surface area (TPSA) is 64.1 Å². The maximum Gasteiger partial charge on any atom is 0.291 e. The van der Waals surface area contributed by atoms with Crippen molar-refractivity contribution in [1.82, 2.24) is 15.5 Å². The van der Waals surface area contributed by atoms with Crippen LogP contribution in [0.4, 0.5) is 13.2 Å². The SMILES string of the molecule is O=C(NCC(F)(F)c1ccc(Cl)cc1Cl)c1c(Oc2cccc(C3CC3)c2F)nnc2c1CCCC2. The minimum absolute atomic E-state index is 0.00562. The van der Waals surface area contributed by atoms with E-state index < -0.39 is 29.8 Å². The Labute approximate surface area is 216 Å². The van der Waals surface area contributed by atoms with Crippen LogP contribution in [0.3, 0.4) is 0 Å². The van der Waals surface area contributed by atoms with Gasteiger partial charge in [-0.05, 0) is 79.8 Å². The number of rotatable bonds is 7. The molecule has 0 bridgehead atoms. The van der Waals surface area contributed by atoms with Crippen molar-refractivity contribution in [2.75, 3.05) is 6.54 Å². The van der Waals surface area contributed by atoms with Crippen LogP contribution in [0, 0.1) is 5.82 Å². The van der Waals surface area contributed by atoms with Gasteiger partial charge in [0.2, 0.25) is 0 Å². The number of ether oxygens (including phenoxy) is 1. The monoisotopic (exact) mass is 535 g/mol. The smallest absolute Gasteiger partial charge is 0.291 e. The van der Waals surface area contributed by atoms with Gasteiger partial charge in [-0.15, -0.1) is 5.10 Å². The Morgan fingerprint density at radius 2 is 1.89 bits per heavy atom. The quantitative estimate of drug-likeness (QED) is 0.354. The van der Waals surface area contributed by atoms with Crippen LogP contribution in [0.1, 0.15) is 64.3 Å². The molecule has 0 spiro atoms. The molecule has 0 unspecified atom stereocenters. The molecule has 1 saturated carbocycles. The van der Waals surface area contributed by atoms with Gasteiger partial charge in [-0.1, -0.05) is 35.3 Å². The number of nitrogens with zero attached hydrogens (tertiary/aromatic N) is 2. The standard InChI is InChI=1S/C26H22Cl2F3N3O2/c27-15-10-11-18(19(28)12-15)26(30,31)13-32-24(35)22-17-4-1-2-6-20(17)33-34-25(22)36-21-7-3-5-16(23(21)29)14-8-9-14/h3,5,7,10-12,14H,1-2,4,6,8-9,13H2,(H,32,35). The largest absolute Gasteiger partial charge is 0.434 e. The van der Waals surface area contributed by atoms with Crippen LogP contribution in [0.15, 0.2) is 36.4 Å². The van der Waals surface area contributed by atoms with Gasteiger partial charge in [0.15, 0.2) is 11.6 Å². The van der Waals surface area contributed by atoms with Crippen LogP contribution in [0.25, 0.3) is 0 Å². The first kappa shape index (κ1) is 24.8. The molecule has 2 aromatic carbocycles. The Morgan fingerprint density at radius 1 is 1.11 bits per heavy atom. The van der Waals surface area contributed by atoms with Crippen molar-refractivity contribution < 1.29 is 22.7 Å². The first-order valence-electron chi connectivity index (χ1n) is 11.7. The number of benzene rings is 2. The number of alkyl halides is 2. The summed E-state index contributed by atoms with van der Waals surface area (Å²) >= 11 is 11.8. The molecule has 10 heteroatoms. The third-order valence-electron chi connectivity index (χ3n) is 6.46. The molecule has 5 nitrogen and oxygen atoms in total. The molecule has 1 fully saturated rings. The molecule has 2 aliphatic carbocycles. The fourth-order valence-electron chi connectivity index (χ4n) is 4.44. The number of halogens is 5.